The van der Waals surface area contributed by atoms with E-state index in [2.05, 4.69) is 142 Å². The smallest absolute Gasteiger partial charge is 1.00 e. The summed E-state index contributed by atoms with van der Waals surface area (Å²) in [5, 5.41) is 12.3. The second-order valence-corrected chi connectivity index (χ2v) is 10.3. The molecule has 0 aliphatic rings. The van der Waals surface area contributed by atoms with Crippen molar-refractivity contribution in [2.45, 2.75) is 20.4 Å². The first kappa shape index (κ1) is 32.7. The summed E-state index contributed by atoms with van der Waals surface area (Å²) in [5.41, 5.74) is 2.69. The van der Waals surface area contributed by atoms with Crippen LogP contribution in [0.1, 0.15) is 11.1 Å². The molecule has 0 aliphatic carbocycles. The fourth-order valence-electron chi connectivity index (χ4n) is 4.83. The van der Waals surface area contributed by atoms with Crippen molar-refractivity contribution in [2.24, 2.45) is 0 Å². The maximum atomic E-state index is 2.26. The molecule has 0 saturated carbocycles. The van der Waals surface area contributed by atoms with Crippen LogP contribution in [0.5, 0.6) is 0 Å². The number of hydrogen-bond donors (Lipinski definition) is 0. The Hall–Kier alpha value is -2.48. The molecule has 0 heterocycles. The molecule has 0 bridgehead atoms. The first-order valence-electron chi connectivity index (χ1n) is 12.4. The molecule has 39 heavy (non-hydrogen) atoms. The second-order valence-electron chi connectivity index (χ2n) is 9.26. The van der Waals surface area contributed by atoms with Crippen LogP contribution >= 0.6 is 0 Å². The second kappa shape index (κ2) is 15.3. The molecule has 2 radical (unpaired) electrons. The van der Waals surface area contributed by atoms with Gasteiger partial charge in [-0.15, -0.1) is 56.9 Å². The normalized spacial score (nSPS) is 9.92. The van der Waals surface area contributed by atoms with E-state index >= 15 is 0 Å². The third-order valence-corrected chi connectivity index (χ3v) is 7.49. The van der Waals surface area contributed by atoms with E-state index in [9.17, 15) is 0 Å². The van der Waals surface area contributed by atoms with Crippen molar-refractivity contribution in [3.8, 4) is 0 Å². The third kappa shape index (κ3) is 7.80. The van der Waals surface area contributed by atoms with E-state index in [1.165, 1.54) is 59.4 Å². The summed E-state index contributed by atoms with van der Waals surface area (Å²) in [7, 11) is 0.930. The molecular weight excluding hydrogens is 611 g/mol. The summed E-state index contributed by atoms with van der Waals surface area (Å²) in [6.07, 6.45) is 0. The molecule has 7 rings (SSSR count). The summed E-state index contributed by atoms with van der Waals surface area (Å²) in [6.45, 7) is 6.49. The minimum Gasteiger partial charge on any atom is -1.00 e. The van der Waals surface area contributed by atoms with E-state index in [0.717, 1.165) is 9.52 Å². The average molecular weight is 641 g/mol. The quantitative estimate of drug-likeness (QED) is 0.191. The van der Waals surface area contributed by atoms with Crippen LogP contribution in [-0.4, -0.2) is 9.52 Å². The van der Waals surface area contributed by atoms with Gasteiger partial charge in [0.1, 0.15) is 0 Å². The first-order chi connectivity index (χ1) is 17.6. The van der Waals surface area contributed by atoms with Crippen molar-refractivity contribution in [3.63, 3.8) is 0 Å². The Balaban J connectivity index is 0.000000205. The summed E-state index contributed by atoms with van der Waals surface area (Å²) < 4.78 is 0. The molecule has 0 aliphatic heterocycles. The number of aryl methyl sites for hydroxylation is 2. The van der Waals surface area contributed by atoms with E-state index in [-0.39, 0.29) is 51.0 Å². The average Bonchev–Trinajstić information content (AvgIpc) is 3.51. The molecule has 4 heteroatoms. The number of hydrogen-bond acceptors (Lipinski definition) is 0. The van der Waals surface area contributed by atoms with Crippen LogP contribution in [0.4, 0.5) is 0 Å². The van der Waals surface area contributed by atoms with Crippen LogP contribution in [0.2, 0.25) is 6.55 Å². The molecule has 7 aromatic carbocycles. The zero-order valence-electron chi connectivity index (χ0n) is 22.4. The van der Waals surface area contributed by atoms with Gasteiger partial charge in [0, 0.05) is 0 Å². The Bertz CT molecular complexity index is 1640. The van der Waals surface area contributed by atoms with Crippen molar-refractivity contribution in [3.05, 3.63) is 139 Å². The van der Waals surface area contributed by atoms with Crippen molar-refractivity contribution < 1.29 is 51.0 Å². The standard InChI is InChI=1S/2C14H11.C7H8Si.2ClH.Zr/c2*1-10-8-12-7-6-11-4-2-3-5-13(11)14(12)9-10;1-8-7-5-3-2-4-6-7;;;/h2*2-9H,1H3;2-6H,1H3;2*1H;/q2*-1;;;;+4/p-2. The number of halogens is 2. The maximum absolute atomic E-state index is 2.26. The number of fused-ring (bicyclic) bond motifs is 6. The van der Waals surface area contributed by atoms with Crippen molar-refractivity contribution in [1.29, 1.82) is 0 Å². The molecule has 7 aromatic rings. The molecular formula is C35H30Cl2SiZr. The first-order valence-corrected chi connectivity index (χ1v) is 13.9. The molecule has 0 fully saturated rings. The van der Waals surface area contributed by atoms with Crippen LogP contribution in [0.25, 0.3) is 43.1 Å². The summed E-state index contributed by atoms with van der Waals surface area (Å²) in [5.74, 6) is 0. The van der Waals surface area contributed by atoms with Crippen LogP contribution in [0.3, 0.4) is 0 Å². The third-order valence-electron chi connectivity index (χ3n) is 6.58. The fourth-order valence-corrected chi connectivity index (χ4v) is 5.36. The molecule has 0 N–H and O–H groups in total. The van der Waals surface area contributed by atoms with E-state index in [1.807, 2.05) is 6.07 Å². The Morgan fingerprint density at radius 3 is 1.31 bits per heavy atom. The van der Waals surface area contributed by atoms with Gasteiger partial charge in [-0.1, -0.05) is 127 Å². The van der Waals surface area contributed by atoms with Gasteiger partial charge in [-0.3, -0.25) is 0 Å². The van der Waals surface area contributed by atoms with E-state index < -0.39 is 0 Å². The zero-order valence-corrected chi connectivity index (χ0v) is 27.4. The van der Waals surface area contributed by atoms with Gasteiger partial charge in [0.2, 0.25) is 0 Å². The van der Waals surface area contributed by atoms with Gasteiger partial charge in [0.05, 0.1) is 9.52 Å². The fraction of sp³-hybridized carbons (Fsp3) is 0.0857. The molecule has 0 aromatic heterocycles. The Morgan fingerprint density at radius 2 is 0.897 bits per heavy atom. The SMILES string of the molecule is C[Si]c1ccccc1.Cc1cc2c(ccc3ccccc32)[cH-]1.Cc1cc2c(ccc3ccccc32)[cH-]1.[Cl-].[Cl-].[Zr+4]. The zero-order chi connectivity index (χ0) is 24.9. The predicted octanol–water partition coefficient (Wildman–Crippen LogP) is 3.11. The van der Waals surface area contributed by atoms with E-state index in [0.29, 0.717) is 0 Å². The maximum Gasteiger partial charge on any atom is 4.00 e. The van der Waals surface area contributed by atoms with Gasteiger partial charge < -0.3 is 24.8 Å². The summed E-state index contributed by atoms with van der Waals surface area (Å²) in [6, 6.07) is 45.4. The largest absolute Gasteiger partial charge is 4.00 e. The molecule has 0 atom stereocenters. The van der Waals surface area contributed by atoms with Gasteiger partial charge in [-0.25, -0.2) is 0 Å². The van der Waals surface area contributed by atoms with Gasteiger partial charge in [-0.2, -0.15) is 12.1 Å². The Labute approximate surface area is 265 Å². The van der Waals surface area contributed by atoms with Gasteiger partial charge in [-0.05, 0) is 10.8 Å². The van der Waals surface area contributed by atoms with Crippen LogP contribution < -0.4 is 30.0 Å². The minimum atomic E-state index is 0. The monoisotopic (exact) mass is 638 g/mol. The Kier molecular flexibility index (Phi) is 12.9. The van der Waals surface area contributed by atoms with Crippen molar-refractivity contribution in [1.82, 2.24) is 0 Å². The predicted molar refractivity (Wildman–Crippen MR) is 161 cm³/mol. The Morgan fingerprint density at radius 1 is 0.487 bits per heavy atom. The number of benzene rings is 5. The minimum absolute atomic E-state index is 0. The molecule has 0 amide bonds. The van der Waals surface area contributed by atoms with Crippen LogP contribution in [0.15, 0.2) is 127 Å². The van der Waals surface area contributed by atoms with Crippen molar-refractivity contribution in [2.75, 3.05) is 0 Å². The molecule has 0 nitrogen and oxygen atoms in total. The molecule has 0 spiro atoms. The topological polar surface area (TPSA) is 0 Å². The molecule has 192 valence electrons. The van der Waals surface area contributed by atoms with Crippen LogP contribution in [-0.2, 0) is 26.2 Å². The summed E-state index contributed by atoms with van der Waals surface area (Å²) in [4.78, 5) is 0. The van der Waals surface area contributed by atoms with Crippen LogP contribution in [0, 0.1) is 13.8 Å². The molecule has 0 unspecified atom stereocenters. The van der Waals surface area contributed by atoms with Crippen molar-refractivity contribution >= 4 is 57.8 Å². The molecule has 0 saturated heterocycles. The van der Waals surface area contributed by atoms with E-state index in [4.69, 9.17) is 0 Å². The van der Waals surface area contributed by atoms with E-state index in [1.54, 1.807) is 0 Å². The van der Waals surface area contributed by atoms with Gasteiger partial charge in [0.25, 0.3) is 0 Å². The van der Waals surface area contributed by atoms with Gasteiger partial charge in [0.15, 0.2) is 0 Å². The number of rotatable bonds is 1. The van der Waals surface area contributed by atoms with Gasteiger partial charge >= 0.3 is 26.2 Å². The summed E-state index contributed by atoms with van der Waals surface area (Å²) >= 11 is 0.